The highest BCUT2D eigenvalue weighted by molar-refractivity contribution is 7.88. The summed E-state index contributed by atoms with van der Waals surface area (Å²) in [5, 5.41) is 0. The molecule has 0 aromatic heterocycles. The van der Waals surface area contributed by atoms with E-state index in [4.69, 9.17) is 9.47 Å². The fourth-order valence-corrected chi connectivity index (χ4v) is 5.75. The minimum atomic E-state index is -3.24. The summed E-state index contributed by atoms with van der Waals surface area (Å²) >= 11 is 0. The fourth-order valence-electron chi connectivity index (χ4n) is 4.93. The lowest BCUT2D eigenvalue weighted by Crippen LogP contribution is -2.60. The lowest BCUT2D eigenvalue weighted by Gasteiger charge is -2.45. The van der Waals surface area contributed by atoms with Gasteiger partial charge >= 0.3 is 0 Å². The third-order valence-corrected chi connectivity index (χ3v) is 7.49. The maximum atomic E-state index is 11.8. The van der Waals surface area contributed by atoms with E-state index in [2.05, 4.69) is 40.0 Å². The van der Waals surface area contributed by atoms with E-state index in [-0.39, 0.29) is 12.1 Å². The molecular weight excluding hydrogens is 388 g/mol. The summed E-state index contributed by atoms with van der Waals surface area (Å²) < 4.78 is 38.1. The van der Waals surface area contributed by atoms with Gasteiger partial charge in [-0.2, -0.15) is 0 Å². The molecule has 1 N–H and O–H groups in total. The number of likely N-dealkylation sites (tertiary alicyclic amines) is 1. The standard InChI is InChI=1S/C22H34N2O4S/c1-29(25,26)23-21-11-12-24(20-15-27-16-20)13-22(21)28-14-17-7-9-19(10-8-17)18-5-3-2-4-6-18/h2-6,17,19-23H,7-16H2,1H3/t17?,19?,21-,22+/m0/s1. The largest absolute Gasteiger partial charge is 0.378 e. The van der Waals surface area contributed by atoms with Gasteiger partial charge in [0.2, 0.25) is 10.0 Å². The topological polar surface area (TPSA) is 67.9 Å². The molecule has 0 bridgehead atoms. The third-order valence-electron chi connectivity index (χ3n) is 6.76. The molecule has 162 valence electrons. The van der Waals surface area contributed by atoms with Gasteiger partial charge in [-0.1, -0.05) is 30.3 Å². The molecule has 3 aliphatic rings. The summed E-state index contributed by atoms with van der Waals surface area (Å²) in [6.07, 6.45) is 6.70. The second-order valence-electron chi connectivity index (χ2n) is 8.97. The average molecular weight is 423 g/mol. The van der Waals surface area contributed by atoms with Crippen molar-refractivity contribution in [3.05, 3.63) is 35.9 Å². The number of hydrogen-bond donors (Lipinski definition) is 1. The van der Waals surface area contributed by atoms with Crippen LogP contribution in [-0.2, 0) is 19.5 Å². The first-order chi connectivity index (χ1) is 14.0. The highest BCUT2D eigenvalue weighted by atomic mass is 32.2. The van der Waals surface area contributed by atoms with Crippen LogP contribution in [0.15, 0.2) is 30.3 Å². The van der Waals surface area contributed by atoms with Gasteiger partial charge < -0.3 is 9.47 Å². The molecule has 4 rings (SSSR count). The van der Waals surface area contributed by atoms with Gasteiger partial charge in [-0.3, -0.25) is 4.90 Å². The number of rotatable bonds is 7. The molecule has 2 heterocycles. The highest BCUT2D eigenvalue weighted by Gasteiger charge is 2.37. The van der Waals surface area contributed by atoms with Crippen molar-refractivity contribution in [1.82, 2.24) is 9.62 Å². The highest BCUT2D eigenvalue weighted by Crippen LogP contribution is 2.36. The van der Waals surface area contributed by atoms with Crippen LogP contribution >= 0.6 is 0 Å². The second-order valence-corrected chi connectivity index (χ2v) is 10.8. The van der Waals surface area contributed by atoms with E-state index in [0.717, 1.165) is 39.3 Å². The average Bonchev–Trinajstić information content (AvgIpc) is 2.67. The zero-order valence-corrected chi connectivity index (χ0v) is 18.1. The molecule has 1 aromatic carbocycles. The molecule has 0 amide bonds. The number of sulfonamides is 1. The molecule has 1 aliphatic carbocycles. The Kier molecular flexibility index (Phi) is 6.91. The zero-order valence-electron chi connectivity index (χ0n) is 17.3. The van der Waals surface area contributed by atoms with E-state index in [9.17, 15) is 8.42 Å². The Hall–Kier alpha value is -0.990. The molecule has 1 aromatic rings. The molecule has 29 heavy (non-hydrogen) atoms. The van der Waals surface area contributed by atoms with E-state index in [1.54, 1.807) is 0 Å². The summed E-state index contributed by atoms with van der Waals surface area (Å²) in [6.45, 7) is 3.95. The zero-order chi connectivity index (χ0) is 20.3. The first-order valence-electron chi connectivity index (χ1n) is 10.9. The maximum absolute atomic E-state index is 11.8. The van der Waals surface area contributed by atoms with Crippen LogP contribution in [0.1, 0.15) is 43.6 Å². The maximum Gasteiger partial charge on any atom is 0.209 e. The van der Waals surface area contributed by atoms with Gasteiger partial charge in [-0.15, -0.1) is 0 Å². The van der Waals surface area contributed by atoms with Crippen LogP contribution in [0, 0.1) is 5.92 Å². The monoisotopic (exact) mass is 422 g/mol. The third kappa shape index (κ3) is 5.79. The van der Waals surface area contributed by atoms with Gasteiger partial charge in [0.15, 0.2) is 0 Å². The summed E-state index contributed by atoms with van der Waals surface area (Å²) in [6, 6.07) is 11.1. The van der Waals surface area contributed by atoms with Gasteiger partial charge in [0, 0.05) is 19.7 Å². The molecule has 7 heteroatoms. The van der Waals surface area contributed by atoms with Crippen molar-refractivity contribution < 1.29 is 17.9 Å². The van der Waals surface area contributed by atoms with Crippen LogP contribution in [0.2, 0.25) is 0 Å². The smallest absolute Gasteiger partial charge is 0.209 e. The van der Waals surface area contributed by atoms with Crippen LogP contribution in [0.5, 0.6) is 0 Å². The van der Waals surface area contributed by atoms with Crippen LogP contribution < -0.4 is 4.72 Å². The Labute approximate surface area is 175 Å². The molecule has 2 saturated heterocycles. The fraction of sp³-hybridized carbons (Fsp3) is 0.727. The van der Waals surface area contributed by atoms with Crippen molar-refractivity contribution in [3.63, 3.8) is 0 Å². The van der Waals surface area contributed by atoms with Crippen LogP contribution in [0.4, 0.5) is 0 Å². The second kappa shape index (κ2) is 9.43. The van der Waals surface area contributed by atoms with Gasteiger partial charge in [0.25, 0.3) is 0 Å². The lowest BCUT2D eigenvalue weighted by atomic mass is 9.79. The van der Waals surface area contributed by atoms with Crippen molar-refractivity contribution in [1.29, 1.82) is 0 Å². The lowest BCUT2D eigenvalue weighted by molar-refractivity contribution is -0.105. The minimum absolute atomic E-state index is 0.0917. The van der Waals surface area contributed by atoms with E-state index in [1.165, 1.54) is 37.5 Å². The Morgan fingerprint density at radius 2 is 1.83 bits per heavy atom. The summed E-state index contributed by atoms with van der Waals surface area (Å²) in [5.74, 6) is 1.23. The van der Waals surface area contributed by atoms with Crippen LogP contribution in [0.25, 0.3) is 0 Å². The number of nitrogens with zero attached hydrogens (tertiary/aromatic N) is 1. The van der Waals surface area contributed by atoms with Crippen LogP contribution in [0.3, 0.4) is 0 Å². The quantitative estimate of drug-likeness (QED) is 0.731. The number of nitrogens with one attached hydrogen (secondary N) is 1. The van der Waals surface area contributed by atoms with E-state index >= 15 is 0 Å². The summed E-state index contributed by atoms with van der Waals surface area (Å²) in [5.41, 5.74) is 1.45. The SMILES string of the molecule is CS(=O)(=O)N[C@H]1CCN(C2COC2)C[C@H]1OCC1CCC(c2ccccc2)CC1. The first-order valence-corrected chi connectivity index (χ1v) is 12.8. The molecule has 2 atom stereocenters. The minimum Gasteiger partial charge on any atom is -0.378 e. The van der Waals surface area contributed by atoms with E-state index < -0.39 is 10.0 Å². The van der Waals surface area contributed by atoms with Gasteiger partial charge in [0.1, 0.15) is 0 Å². The predicted octanol–water partition coefficient (Wildman–Crippen LogP) is 2.37. The van der Waals surface area contributed by atoms with Crippen LogP contribution in [-0.4, -0.2) is 70.7 Å². The molecule has 6 nitrogen and oxygen atoms in total. The van der Waals surface area contributed by atoms with Gasteiger partial charge in [-0.25, -0.2) is 13.1 Å². The molecule has 0 unspecified atom stereocenters. The number of piperidine rings is 1. The van der Waals surface area contributed by atoms with E-state index in [1.807, 2.05) is 0 Å². The number of ether oxygens (including phenoxy) is 2. The normalized spacial score (nSPS) is 32.0. The van der Waals surface area contributed by atoms with Crippen molar-refractivity contribution in [2.75, 3.05) is 39.2 Å². The van der Waals surface area contributed by atoms with Crippen molar-refractivity contribution >= 4 is 10.0 Å². The summed E-state index contributed by atoms with van der Waals surface area (Å²) in [4.78, 5) is 2.40. The Morgan fingerprint density at radius 1 is 1.10 bits per heavy atom. The summed E-state index contributed by atoms with van der Waals surface area (Å²) in [7, 11) is -3.24. The van der Waals surface area contributed by atoms with Crippen molar-refractivity contribution in [3.8, 4) is 0 Å². The van der Waals surface area contributed by atoms with Crippen molar-refractivity contribution in [2.24, 2.45) is 5.92 Å². The van der Waals surface area contributed by atoms with Gasteiger partial charge in [-0.05, 0) is 49.5 Å². The Morgan fingerprint density at radius 3 is 2.45 bits per heavy atom. The molecule has 3 fully saturated rings. The molecule has 2 aliphatic heterocycles. The Bertz CT molecular complexity index is 745. The predicted molar refractivity (Wildman–Crippen MR) is 113 cm³/mol. The van der Waals surface area contributed by atoms with E-state index in [0.29, 0.717) is 17.9 Å². The first kappa shape index (κ1) is 21.2. The Balaban J connectivity index is 1.29. The molecule has 1 saturated carbocycles. The molecular formula is C22H34N2O4S. The number of benzene rings is 1. The van der Waals surface area contributed by atoms with Crippen molar-refractivity contribution in [2.45, 2.75) is 56.2 Å². The molecule has 0 spiro atoms. The number of hydrogen-bond acceptors (Lipinski definition) is 5. The van der Waals surface area contributed by atoms with Gasteiger partial charge in [0.05, 0.1) is 37.7 Å². The molecule has 0 radical (unpaired) electrons.